The maximum Gasteiger partial charge on any atom is 0.361 e. The number of ether oxygens (including phenoxy) is 4. The highest BCUT2D eigenvalue weighted by molar-refractivity contribution is 5.71. The van der Waals surface area contributed by atoms with Crippen LogP contribution in [0, 0.1) is 0 Å². The van der Waals surface area contributed by atoms with Gasteiger partial charge in [0.25, 0.3) is 6.29 Å². The third kappa shape index (κ3) is 53.9. The summed E-state index contributed by atoms with van der Waals surface area (Å²) in [4.78, 5) is 37.3. The second-order valence-electron chi connectivity index (χ2n) is 22.0. The summed E-state index contributed by atoms with van der Waals surface area (Å²) in [5, 5.41) is 9.69. The zero-order valence-electron chi connectivity index (χ0n) is 46.8. The molecule has 0 aliphatic rings. The summed E-state index contributed by atoms with van der Waals surface area (Å²) < 4.78 is 22.9. The number of carboxylic acid groups (broad SMARTS) is 1. The number of unbranched alkanes of at least 4 members (excludes halogenated alkanes) is 42. The lowest BCUT2D eigenvalue weighted by atomic mass is 10.0. The molecule has 0 aromatic heterocycles. The van der Waals surface area contributed by atoms with E-state index in [2.05, 4.69) is 13.8 Å². The number of carbonyl (C=O) groups excluding carboxylic acids is 2. The van der Waals surface area contributed by atoms with Crippen molar-refractivity contribution in [2.24, 2.45) is 0 Å². The summed E-state index contributed by atoms with van der Waals surface area (Å²) >= 11 is 0. The zero-order chi connectivity index (χ0) is 50.6. The fraction of sp³-hybridized carbons (Fsp3) is 0.950. The summed E-state index contributed by atoms with van der Waals surface area (Å²) in [6, 6.07) is 0. The predicted octanol–water partition coefficient (Wildman–Crippen LogP) is 17.6. The first-order valence-electron chi connectivity index (χ1n) is 30.2. The van der Waals surface area contributed by atoms with Crippen molar-refractivity contribution in [1.29, 1.82) is 0 Å². The molecular formula is C60H118NO8+. The summed E-state index contributed by atoms with van der Waals surface area (Å²) in [6.45, 7) is 4.94. The molecule has 410 valence electrons. The number of carboxylic acids is 1. The fourth-order valence-corrected chi connectivity index (χ4v) is 9.19. The molecule has 0 radical (unpaired) electrons. The highest BCUT2D eigenvalue weighted by atomic mass is 16.7. The van der Waals surface area contributed by atoms with Crippen LogP contribution in [-0.4, -0.2) is 87.4 Å². The molecule has 0 amide bonds. The van der Waals surface area contributed by atoms with Gasteiger partial charge in [0.2, 0.25) is 0 Å². The Morgan fingerprint density at radius 2 is 0.652 bits per heavy atom. The van der Waals surface area contributed by atoms with Crippen molar-refractivity contribution in [3.63, 3.8) is 0 Å². The van der Waals surface area contributed by atoms with Crippen molar-refractivity contribution in [1.82, 2.24) is 0 Å². The second kappa shape index (κ2) is 52.6. The van der Waals surface area contributed by atoms with Crippen LogP contribution in [-0.2, 0) is 33.3 Å². The molecule has 9 nitrogen and oxygen atoms in total. The molecule has 0 aliphatic heterocycles. The van der Waals surface area contributed by atoms with Gasteiger partial charge < -0.3 is 28.5 Å². The maximum absolute atomic E-state index is 12.9. The summed E-state index contributed by atoms with van der Waals surface area (Å²) in [5.74, 6) is -1.98. The third-order valence-electron chi connectivity index (χ3n) is 13.9. The molecule has 0 bridgehead atoms. The Balaban J connectivity index is 4.02. The molecule has 0 saturated heterocycles. The van der Waals surface area contributed by atoms with Crippen LogP contribution in [0.3, 0.4) is 0 Å². The normalized spacial score (nSPS) is 12.7. The minimum atomic E-state index is -1.50. The van der Waals surface area contributed by atoms with Gasteiger partial charge in [-0.1, -0.05) is 284 Å². The van der Waals surface area contributed by atoms with Gasteiger partial charge in [-0.15, -0.1) is 0 Å². The van der Waals surface area contributed by atoms with Crippen LogP contribution >= 0.6 is 0 Å². The Morgan fingerprint density at radius 1 is 0.377 bits per heavy atom. The minimum absolute atomic E-state index is 0.173. The van der Waals surface area contributed by atoms with Gasteiger partial charge in [0.05, 0.1) is 34.4 Å². The lowest BCUT2D eigenvalue weighted by Gasteiger charge is -2.25. The summed E-state index contributed by atoms with van der Waals surface area (Å²) in [5.41, 5.74) is 0. The molecule has 0 saturated carbocycles. The van der Waals surface area contributed by atoms with Crippen molar-refractivity contribution < 1.29 is 42.9 Å². The first-order chi connectivity index (χ1) is 33.6. The van der Waals surface area contributed by atoms with E-state index < -0.39 is 18.4 Å². The molecule has 9 heteroatoms. The average Bonchev–Trinajstić information content (AvgIpc) is 3.31. The topological polar surface area (TPSA) is 108 Å². The van der Waals surface area contributed by atoms with Crippen molar-refractivity contribution >= 4 is 17.9 Å². The van der Waals surface area contributed by atoms with Crippen molar-refractivity contribution in [2.45, 2.75) is 322 Å². The predicted molar refractivity (Wildman–Crippen MR) is 291 cm³/mol. The molecule has 0 heterocycles. The van der Waals surface area contributed by atoms with Crippen molar-refractivity contribution in [3.8, 4) is 0 Å². The molecule has 0 rings (SSSR count). The molecule has 0 aliphatic carbocycles. The number of nitrogens with zero attached hydrogens (tertiary/aromatic N) is 1. The molecule has 0 fully saturated rings. The standard InChI is InChI=1S/C60H117NO8/c1-6-8-10-12-14-16-18-20-21-22-23-24-25-26-27-28-29-30-31-32-33-34-35-36-37-39-41-43-45-47-49-51-58(63)69-56(55-68-60(59(64)65)66-53-52-61(3,4)5)54-67-57(62)50-48-46-44-42-40-38-19-17-15-13-11-9-7-2/h56,60H,6-55H2,1-5H3/p+1. The van der Waals surface area contributed by atoms with Gasteiger partial charge in [-0.05, 0) is 12.8 Å². The van der Waals surface area contributed by atoms with Crippen LogP contribution in [0.2, 0.25) is 0 Å². The Labute approximate surface area is 428 Å². The lowest BCUT2D eigenvalue weighted by Crippen LogP contribution is -2.40. The number of hydrogen-bond donors (Lipinski definition) is 1. The molecule has 2 unspecified atom stereocenters. The van der Waals surface area contributed by atoms with Crippen LogP contribution in [0.15, 0.2) is 0 Å². The van der Waals surface area contributed by atoms with Crippen LogP contribution in [0.25, 0.3) is 0 Å². The number of quaternary nitrogens is 1. The number of aliphatic carboxylic acids is 1. The van der Waals surface area contributed by atoms with E-state index in [1.165, 1.54) is 244 Å². The van der Waals surface area contributed by atoms with E-state index in [0.29, 0.717) is 17.4 Å². The highest BCUT2D eigenvalue weighted by Crippen LogP contribution is 2.18. The van der Waals surface area contributed by atoms with Crippen LogP contribution in [0.4, 0.5) is 0 Å². The largest absolute Gasteiger partial charge is 0.477 e. The molecular weight excluding hydrogens is 863 g/mol. The third-order valence-corrected chi connectivity index (χ3v) is 13.9. The molecule has 0 spiro atoms. The number of hydrogen-bond acceptors (Lipinski definition) is 7. The quantitative estimate of drug-likeness (QED) is 0.0278. The van der Waals surface area contributed by atoms with Crippen LogP contribution in [0.5, 0.6) is 0 Å². The number of carbonyl (C=O) groups is 3. The van der Waals surface area contributed by atoms with Crippen molar-refractivity contribution in [2.75, 3.05) is 47.5 Å². The molecule has 2 atom stereocenters. The van der Waals surface area contributed by atoms with Crippen LogP contribution in [0.1, 0.15) is 309 Å². The van der Waals surface area contributed by atoms with Crippen molar-refractivity contribution in [3.05, 3.63) is 0 Å². The van der Waals surface area contributed by atoms with E-state index >= 15 is 0 Å². The smallest absolute Gasteiger partial charge is 0.361 e. The lowest BCUT2D eigenvalue weighted by molar-refractivity contribution is -0.870. The van der Waals surface area contributed by atoms with Gasteiger partial charge in [-0.2, -0.15) is 0 Å². The van der Waals surface area contributed by atoms with E-state index in [9.17, 15) is 19.5 Å². The second-order valence-corrected chi connectivity index (χ2v) is 22.0. The van der Waals surface area contributed by atoms with E-state index in [4.69, 9.17) is 18.9 Å². The maximum atomic E-state index is 12.9. The monoisotopic (exact) mass is 981 g/mol. The van der Waals surface area contributed by atoms with E-state index in [1.807, 2.05) is 21.1 Å². The van der Waals surface area contributed by atoms with Gasteiger partial charge >= 0.3 is 17.9 Å². The first-order valence-corrected chi connectivity index (χ1v) is 30.2. The Kier molecular flexibility index (Phi) is 51.3. The fourth-order valence-electron chi connectivity index (χ4n) is 9.19. The molecule has 69 heavy (non-hydrogen) atoms. The van der Waals surface area contributed by atoms with E-state index in [0.717, 1.165) is 38.5 Å². The van der Waals surface area contributed by atoms with Gasteiger partial charge in [0, 0.05) is 12.8 Å². The highest BCUT2D eigenvalue weighted by Gasteiger charge is 2.25. The van der Waals surface area contributed by atoms with Gasteiger partial charge in [-0.3, -0.25) is 9.59 Å². The van der Waals surface area contributed by atoms with Gasteiger partial charge in [0.15, 0.2) is 6.10 Å². The summed E-state index contributed by atoms with van der Waals surface area (Å²) in [7, 11) is 5.98. The van der Waals surface area contributed by atoms with Crippen LogP contribution < -0.4 is 0 Å². The minimum Gasteiger partial charge on any atom is -0.477 e. The Bertz CT molecular complexity index is 1100. The van der Waals surface area contributed by atoms with Gasteiger partial charge in [0.1, 0.15) is 13.2 Å². The van der Waals surface area contributed by atoms with E-state index in [-0.39, 0.29) is 38.2 Å². The zero-order valence-corrected chi connectivity index (χ0v) is 46.8. The SMILES string of the molecule is CCCCCCCCCCCCCCCCCCCCCCCCCCCCCCCCCC(=O)OC(COC(=O)CCCCCCCCCCCCCCC)COC(OCC[N+](C)(C)C)C(=O)O. The Hall–Kier alpha value is -1.71. The molecule has 1 N–H and O–H groups in total. The molecule has 0 aromatic rings. The van der Waals surface area contributed by atoms with E-state index in [1.54, 1.807) is 0 Å². The average molecular weight is 982 g/mol. The number of likely N-dealkylation sites (N-methyl/N-ethyl adjacent to an activating group) is 1. The number of esters is 2. The number of rotatable bonds is 57. The summed E-state index contributed by atoms with van der Waals surface area (Å²) in [6.07, 6.45) is 56.3. The molecule has 0 aromatic carbocycles. The van der Waals surface area contributed by atoms with Gasteiger partial charge in [-0.25, -0.2) is 4.79 Å². The first kappa shape index (κ1) is 67.3. The Morgan fingerprint density at radius 3 is 0.928 bits per heavy atom.